The van der Waals surface area contributed by atoms with Crippen LogP contribution >= 0.6 is 0 Å². The molecule has 2 fully saturated rings. The maximum absolute atomic E-state index is 11.8. The van der Waals surface area contributed by atoms with E-state index in [4.69, 9.17) is 0 Å². The minimum Gasteiger partial charge on any atom is -0.337 e. The van der Waals surface area contributed by atoms with E-state index in [9.17, 15) is 18.4 Å². The maximum atomic E-state index is 11.8. The van der Waals surface area contributed by atoms with Crippen molar-refractivity contribution in [3.8, 4) is 0 Å². The van der Waals surface area contributed by atoms with Crippen molar-refractivity contribution < 1.29 is 23.1 Å². The number of likely N-dealkylation sites (tertiary alicyclic amines) is 1. The largest absolute Gasteiger partial charge is 0.345 e. The van der Waals surface area contributed by atoms with E-state index in [1.165, 1.54) is 4.90 Å². The van der Waals surface area contributed by atoms with Gasteiger partial charge in [0.15, 0.2) is 0 Å². The van der Waals surface area contributed by atoms with E-state index in [1.807, 2.05) is 0 Å². The molecule has 0 bridgehead atoms. The molecule has 0 radical (unpaired) electrons. The standard InChI is InChI=1S/C10H13F2NO3/c11-10(12)16-8-4-13(5-8)9(15)6-1-2-7(14)3-6/h6,8,10H,1-5H2. The monoisotopic (exact) mass is 233 g/mol. The third-order valence-corrected chi connectivity index (χ3v) is 3.05. The summed E-state index contributed by atoms with van der Waals surface area (Å²) in [6, 6.07) is 0. The number of nitrogens with zero attached hydrogens (tertiary/aromatic N) is 1. The molecule has 0 aromatic rings. The van der Waals surface area contributed by atoms with Gasteiger partial charge in [0.2, 0.25) is 5.91 Å². The van der Waals surface area contributed by atoms with Crippen LogP contribution in [0.4, 0.5) is 8.78 Å². The molecule has 0 N–H and O–H groups in total. The normalized spacial score (nSPS) is 26.3. The van der Waals surface area contributed by atoms with Crippen molar-refractivity contribution in [2.24, 2.45) is 5.92 Å². The fraction of sp³-hybridized carbons (Fsp3) is 0.800. The predicted octanol–water partition coefficient (Wildman–Crippen LogP) is 0.806. The van der Waals surface area contributed by atoms with Crippen LogP contribution < -0.4 is 0 Å². The van der Waals surface area contributed by atoms with Crippen LogP contribution in [0, 0.1) is 5.92 Å². The quantitative estimate of drug-likeness (QED) is 0.724. The Balaban J connectivity index is 1.75. The number of ether oxygens (including phenoxy) is 1. The predicted molar refractivity (Wildman–Crippen MR) is 49.8 cm³/mol. The number of Topliss-reactive ketones (excluding diaryl/α,β-unsaturated/α-hetero) is 1. The minimum atomic E-state index is -2.78. The van der Waals surface area contributed by atoms with Crippen molar-refractivity contribution in [3.05, 3.63) is 0 Å². The molecular formula is C10H13F2NO3. The summed E-state index contributed by atoms with van der Waals surface area (Å²) in [5.41, 5.74) is 0. The van der Waals surface area contributed by atoms with Gasteiger partial charge in [-0.1, -0.05) is 0 Å². The second kappa shape index (κ2) is 4.45. The van der Waals surface area contributed by atoms with Gasteiger partial charge >= 0.3 is 6.61 Å². The van der Waals surface area contributed by atoms with Crippen molar-refractivity contribution in [2.75, 3.05) is 13.1 Å². The van der Waals surface area contributed by atoms with Gasteiger partial charge < -0.3 is 9.64 Å². The van der Waals surface area contributed by atoms with E-state index in [0.717, 1.165) is 0 Å². The lowest BCUT2D eigenvalue weighted by Gasteiger charge is -2.39. The Morgan fingerprint density at radius 3 is 2.62 bits per heavy atom. The van der Waals surface area contributed by atoms with Crippen molar-refractivity contribution in [1.29, 1.82) is 0 Å². The highest BCUT2D eigenvalue weighted by atomic mass is 19.3. The van der Waals surface area contributed by atoms with Gasteiger partial charge in [-0.3, -0.25) is 9.59 Å². The topological polar surface area (TPSA) is 46.6 Å². The van der Waals surface area contributed by atoms with Gasteiger partial charge in [0.05, 0.1) is 6.10 Å². The summed E-state index contributed by atoms with van der Waals surface area (Å²) >= 11 is 0. The summed E-state index contributed by atoms with van der Waals surface area (Å²) in [5, 5.41) is 0. The molecule has 16 heavy (non-hydrogen) atoms. The number of hydrogen-bond acceptors (Lipinski definition) is 3. The average Bonchev–Trinajstić information content (AvgIpc) is 2.56. The second-order valence-electron chi connectivity index (χ2n) is 4.24. The third kappa shape index (κ3) is 2.37. The Kier molecular flexibility index (Phi) is 3.18. The Bertz CT molecular complexity index is 302. The van der Waals surface area contributed by atoms with E-state index in [1.54, 1.807) is 0 Å². The lowest BCUT2D eigenvalue weighted by atomic mass is 10.0. The first-order valence-electron chi connectivity index (χ1n) is 5.30. The third-order valence-electron chi connectivity index (χ3n) is 3.05. The fourth-order valence-corrected chi connectivity index (χ4v) is 2.13. The first-order chi connectivity index (χ1) is 7.56. The summed E-state index contributed by atoms with van der Waals surface area (Å²) < 4.78 is 27.9. The molecule has 2 rings (SSSR count). The Labute approximate surface area is 91.5 Å². The molecule has 2 aliphatic rings. The number of carbonyl (C=O) groups is 2. The van der Waals surface area contributed by atoms with Gasteiger partial charge in [-0.15, -0.1) is 0 Å². The molecule has 1 atom stereocenters. The molecule has 1 amide bonds. The van der Waals surface area contributed by atoms with E-state index in [-0.39, 0.29) is 30.7 Å². The highest BCUT2D eigenvalue weighted by molar-refractivity contribution is 5.90. The number of carbonyl (C=O) groups excluding carboxylic acids is 2. The molecule has 0 spiro atoms. The van der Waals surface area contributed by atoms with Crippen LogP contribution in [0.15, 0.2) is 0 Å². The summed E-state index contributed by atoms with van der Waals surface area (Å²) in [4.78, 5) is 24.2. The van der Waals surface area contributed by atoms with Crippen LogP contribution in [0.3, 0.4) is 0 Å². The SMILES string of the molecule is O=C1CCC(C(=O)N2CC(OC(F)F)C2)C1. The zero-order chi connectivity index (χ0) is 11.7. The molecule has 1 saturated carbocycles. The van der Waals surface area contributed by atoms with Crippen molar-refractivity contribution in [3.63, 3.8) is 0 Å². The maximum Gasteiger partial charge on any atom is 0.345 e. The smallest absolute Gasteiger partial charge is 0.337 e. The van der Waals surface area contributed by atoms with Crippen LogP contribution in [-0.2, 0) is 14.3 Å². The van der Waals surface area contributed by atoms with Crippen LogP contribution in [0.25, 0.3) is 0 Å². The Morgan fingerprint density at radius 1 is 1.44 bits per heavy atom. The molecule has 1 heterocycles. The van der Waals surface area contributed by atoms with Gasteiger partial charge in [-0.25, -0.2) is 0 Å². The summed E-state index contributed by atoms with van der Waals surface area (Å²) in [7, 11) is 0. The molecule has 1 saturated heterocycles. The molecule has 0 aromatic heterocycles. The fourth-order valence-electron chi connectivity index (χ4n) is 2.13. The van der Waals surface area contributed by atoms with E-state index >= 15 is 0 Å². The number of rotatable bonds is 3. The zero-order valence-electron chi connectivity index (χ0n) is 8.70. The molecule has 0 aromatic carbocycles. The summed E-state index contributed by atoms with van der Waals surface area (Å²) in [6.45, 7) is -2.35. The van der Waals surface area contributed by atoms with Crippen LogP contribution in [-0.4, -0.2) is 42.4 Å². The molecular weight excluding hydrogens is 220 g/mol. The molecule has 1 unspecified atom stereocenters. The van der Waals surface area contributed by atoms with E-state index < -0.39 is 12.7 Å². The van der Waals surface area contributed by atoms with Crippen LogP contribution in [0.1, 0.15) is 19.3 Å². The van der Waals surface area contributed by atoms with E-state index in [2.05, 4.69) is 4.74 Å². The number of ketones is 1. The highest BCUT2D eigenvalue weighted by Crippen LogP contribution is 2.26. The molecule has 4 nitrogen and oxygen atoms in total. The van der Waals surface area contributed by atoms with Crippen molar-refractivity contribution in [2.45, 2.75) is 32.0 Å². The molecule has 1 aliphatic carbocycles. The first-order valence-corrected chi connectivity index (χ1v) is 5.30. The lowest BCUT2D eigenvalue weighted by Crippen LogP contribution is -2.56. The zero-order valence-corrected chi connectivity index (χ0v) is 8.70. The van der Waals surface area contributed by atoms with Gasteiger partial charge in [0, 0.05) is 31.8 Å². The Hall–Kier alpha value is -1.04. The number of halogens is 2. The average molecular weight is 233 g/mol. The second-order valence-corrected chi connectivity index (χ2v) is 4.24. The Morgan fingerprint density at radius 2 is 2.12 bits per heavy atom. The number of hydrogen-bond donors (Lipinski definition) is 0. The van der Waals surface area contributed by atoms with Crippen LogP contribution in [0.2, 0.25) is 0 Å². The summed E-state index contributed by atoms with van der Waals surface area (Å²) in [5.74, 6) is -0.223. The molecule has 6 heteroatoms. The van der Waals surface area contributed by atoms with E-state index in [0.29, 0.717) is 19.3 Å². The van der Waals surface area contributed by atoms with Gasteiger partial charge in [0.25, 0.3) is 0 Å². The van der Waals surface area contributed by atoms with Crippen LogP contribution in [0.5, 0.6) is 0 Å². The molecule has 90 valence electrons. The van der Waals surface area contributed by atoms with Gasteiger partial charge in [0.1, 0.15) is 5.78 Å². The van der Waals surface area contributed by atoms with Gasteiger partial charge in [-0.05, 0) is 6.42 Å². The number of amides is 1. The lowest BCUT2D eigenvalue weighted by molar-refractivity contribution is -0.200. The highest BCUT2D eigenvalue weighted by Gasteiger charge is 2.38. The van der Waals surface area contributed by atoms with Crippen molar-refractivity contribution in [1.82, 2.24) is 4.90 Å². The summed E-state index contributed by atoms with van der Waals surface area (Å²) in [6.07, 6.45) is 0.798. The number of alkyl halides is 2. The van der Waals surface area contributed by atoms with Gasteiger partial charge in [-0.2, -0.15) is 8.78 Å². The van der Waals surface area contributed by atoms with Crippen molar-refractivity contribution >= 4 is 11.7 Å². The minimum absolute atomic E-state index is 0.0973. The molecule has 1 aliphatic heterocycles. The first kappa shape index (κ1) is 11.4.